The van der Waals surface area contributed by atoms with E-state index in [-0.39, 0.29) is 23.2 Å². The van der Waals surface area contributed by atoms with Gasteiger partial charge < -0.3 is 15.9 Å². The summed E-state index contributed by atoms with van der Waals surface area (Å²) in [4.78, 5) is 7.45. The minimum Gasteiger partial charge on any atom is -0.503 e. The molecule has 0 aliphatic carbocycles. The zero-order chi connectivity index (χ0) is 8.72. The summed E-state index contributed by atoms with van der Waals surface area (Å²) in [5, 5.41) is 18.2. The molecule has 0 unspecified atom stereocenters. The van der Waals surface area contributed by atoms with Gasteiger partial charge in [-0.1, -0.05) is 0 Å². The molecular formula is C6H6N4O2. The maximum atomic E-state index is 9.14. The van der Waals surface area contributed by atoms with Gasteiger partial charge in [0.2, 0.25) is 11.7 Å². The van der Waals surface area contributed by atoms with E-state index in [1.54, 1.807) is 0 Å². The molecule has 6 nitrogen and oxygen atoms in total. The number of nitrogens with two attached hydrogens (primary N) is 1. The molecule has 0 aromatic carbocycles. The highest BCUT2D eigenvalue weighted by molar-refractivity contribution is 5.50. The second-order valence-corrected chi connectivity index (χ2v) is 2.30. The Bertz CT molecular complexity index is 436. The lowest BCUT2D eigenvalue weighted by Crippen LogP contribution is -1.95. The van der Waals surface area contributed by atoms with Gasteiger partial charge in [0, 0.05) is 0 Å². The van der Waals surface area contributed by atoms with Gasteiger partial charge in [-0.25, -0.2) is 4.98 Å². The monoisotopic (exact) mass is 166 g/mol. The molecule has 0 atom stereocenters. The first-order valence-electron chi connectivity index (χ1n) is 3.20. The van der Waals surface area contributed by atoms with Crippen LogP contribution in [0.15, 0.2) is 12.4 Å². The van der Waals surface area contributed by atoms with Gasteiger partial charge in [-0.3, -0.25) is 4.40 Å². The molecule has 6 heteroatoms. The lowest BCUT2D eigenvalue weighted by molar-refractivity contribution is 0.440. The third-order valence-electron chi connectivity index (χ3n) is 1.49. The molecule has 0 saturated heterocycles. The highest BCUT2D eigenvalue weighted by Crippen LogP contribution is 2.20. The van der Waals surface area contributed by atoms with Gasteiger partial charge in [0.15, 0.2) is 11.6 Å². The molecule has 0 spiro atoms. The number of fused-ring (bicyclic) bond motifs is 1. The summed E-state index contributed by atoms with van der Waals surface area (Å²) in [6, 6.07) is 0. The molecule has 12 heavy (non-hydrogen) atoms. The molecule has 62 valence electrons. The summed E-state index contributed by atoms with van der Waals surface area (Å²) in [6.45, 7) is 0. The Morgan fingerprint density at radius 1 is 1.42 bits per heavy atom. The van der Waals surface area contributed by atoms with Crippen LogP contribution < -0.4 is 5.73 Å². The van der Waals surface area contributed by atoms with E-state index < -0.39 is 0 Å². The largest absolute Gasteiger partial charge is 0.503 e. The van der Waals surface area contributed by atoms with E-state index in [9.17, 15) is 0 Å². The van der Waals surface area contributed by atoms with Crippen LogP contribution in [0.2, 0.25) is 0 Å². The van der Waals surface area contributed by atoms with Crippen molar-refractivity contribution >= 4 is 11.6 Å². The fourth-order valence-electron chi connectivity index (χ4n) is 0.902. The summed E-state index contributed by atoms with van der Waals surface area (Å²) < 4.78 is 1.23. The van der Waals surface area contributed by atoms with Crippen molar-refractivity contribution in [2.45, 2.75) is 0 Å². The second-order valence-electron chi connectivity index (χ2n) is 2.30. The van der Waals surface area contributed by atoms with Gasteiger partial charge >= 0.3 is 0 Å². The van der Waals surface area contributed by atoms with Crippen LogP contribution in [0.4, 0.5) is 5.82 Å². The fraction of sp³-hybridized carbons (Fsp3) is 0. The van der Waals surface area contributed by atoms with E-state index in [0.29, 0.717) is 0 Å². The summed E-state index contributed by atoms with van der Waals surface area (Å²) in [5.41, 5.74) is 5.30. The predicted octanol–water partition coefficient (Wildman–Crippen LogP) is -0.277. The van der Waals surface area contributed by atoms with Crippen molar-refractivity contribution in [1.82, 2.24) is 14.4 Å². The van der Waals surface area contributed by atoms with Gasteiger partial charge in [0.1, 0.15) is 0 Å². The quantitative estimate of drug-likeness (QED) is 0.500. The Balaban J connectivity index is 2.87. The molecule has 0 saturated carbocycles. The lowest BCUT2D eigenvalue weighted by atomic mass is 10.5. The van der Waals surface area contributed by atoms with E-state index in [4.69, 9.17) is 15.9 Å². The van der Waals surface area contributed by atoms with Crippen LogP contribution in [0.3, 0.4) is 0 Å². The van der Waals surface area contributed by atoms with Crippen molar-refractivity contribution in [3.8, 4) is 11.6 Å². The number of nitrogen functional groups attached to an aromatic ring is 1. The third kappa shape index (κ3) is 0.746. The number of aromatic nitrogens is 3. The summed E-state index contributed by atoms with van der Waals surface area (Å²) in [5.74, 6) is -0.0282. The van der Waals surface area contributed by atoms with Gasteiger partial charge in [0.25, 0.3) is 0 Å². The minimum atomic E-state index is -0.184. The number of nitrogens with zero attached hydrogens (tertiary/aromatic N) is 3. The predicted molar refractivity (Wildman–Crippen MR) is 40.7 cm³/mol. The number of hydrogen-bond donors (Lipinski definition) is 3. The highest BCUT2D eigenvalue weighted by Gasteiger charge is 2.05. The van der Waals surface area contributed by atoms with Gasteiger partial charge in [-0.05, 0) is 0 Å². The Hall–Kier alpha value is -1.98. The molecular weight excluding hydrogens is 160 g/mol. The van der Waals surface area contributed by atoms with Gasteiger partial charge in [0.05, 0.1) is 12.4 Å². The molecule has 2 aromatic rings. The van der Waals surface area contributed by atoms with E-state index in [2.05, 4.69) is 9.97 Å². The number of aromatic hydroxyl groups is 2. The molecule has 2 heterocycles. The highest BCUT2D eigenvalue weighted by atomic mass is 16.3. The first-order valence-corrected chi connectivity index (χ1v) is 3.20. The smallest absolute Gasteiger partial charge is 0.238 e. The Kier molecular flexibility index (Phi) is 1.12. The molecule has 2 aromatic heterocycles. The van der Waals surface area contributed by atoms with E-state index in [1.807, 2.05) is 0 Å². The fourth-order valence-corrected chi connectivity index (χ4v) is 0.902. The van der Waals surface area contributed by atoms with Crippen LogP contribution in [0, 0.1) is 0 Å². The molecule has 0 bridgehead atoms. The SMILES string of the molecule is Nc1nc2ncc(O)n2cc1O. The third-order valence-corrected chi connectivity index (χ3v) is 1.49. The minimum absolute atomic E-state index is 0.00639. The molecule has 0 amide bonds. The van der Waals surface area contributed by atoms with Crippen molar-refractivity contribution in [2.24, 2.45) is 0 Å². The zero-order valence-electron chi connectivity index (χ0n) is 5.97. The van der Waals surface area contributed by atoms with Crippen molar-refractivity contribution in [3.63, 3.8) is 0 Å². The van der Waals surface area contributed by atoms with Crippen LogP contribution in [-0.2, 0) is 0 Å². The van der Waals surface area contributed by atoms with Gasteiger partial charge in [-0.15, -0.1) is 0 Å². The maximum Gasteiger partial charge on any atom is 0.238 e. The van der Waals surface area contributed by atoms with Crippen molar-refractivity contribution in [2.75, 3.05) is 5.73 Å². The first-order chi connectivity index (χ1) is 5.68. The van der Waals surface area contributed by atoms with Gasteiger partial charge in [-0.2, -0.15) is 4.98 Å². The van der Waals surface area contributed by atoms with Crippen LogP contribution >= 0.6 is 0 Å². The second kappa shape index (κ2) is 2.00. The number of anilines is 1. The van der Waals surface area contributed by atoms with Crippen LogP contribution in [0.25, 0.3) is 5.78 Å². The first kappa shape index (κ1) is 6.71. The molecule has 2 rings (SSSR count). The van der Waals surface area contributed by atoms with Crippen LogP contribution in [0.5, 0.6) is 11.6 Å². The Labute approximate surface area is 66.9 Å². The zero-order valence-corrected chi connectivity index (χ0v) is 5.97. The van der Waals surface area contributed by atoms with Crippen molar-refractivity contribution < 1.29 is 10.2 Å². The summed E-state index contributed by atoms with van der Waals surface area (Å²) >= 11 is 0. The van der Waals surface area contributed by atoms with E-state index in [1.165, 1.54) is 16.8 Å². The molecule has 0 aliphatic heterocycles. The normalized spacial score (nSPS) is 10.7. The average molecular weight is 166 g/mol. The molecule has 4 N–H and O–H groups in total. The molecule has 0 fully saturated rings. The van der Waals surface area contributed by atoms with Crippen molar-refractivity contribution in [1.29, 1.82) is 0 Å². The van der Waals surface area contributed by atoms with Crippen LogP contribution in [0.1, 0.15) is 0 Å². The molecule has 0 radical (unpaired) electrons. The van der Waals surface area contributed by atoms with Crippen LogP contribution in [-0.4, -0.2) is 24.6 Å². The average Bonchev–Trinajstić information content (AvgIpc) is 2.35. The lowest BCUT2D eigenvalue weighted by Gasteiger charge is -1.98. The van der Waals surface area contributed by atoms with Crippen molar-refractivity contribution in [3.05, 3.63) is 12.4 Å². The summed E-state index contributed by atoms with van der Waals surface area (Å²) in [7, 11) is 0. The number of rotatable bonds is 0. The Morgan fingerprint density at radius 3 is 2.92 bits per heavy atom. The Morgan fingerprint density at radius 2 is 2.17 bits per heavy atom. The van der Waals surface area contributed by atoms with E-state index in [0.717, 1.165) is 0 Å². The number of hydrogen-bond acceptors (Lipinski definition) is 5. The standard InChI is InChI=1S/C6H6N4O2/c7-5-3(11)2-10-4(12)1-8-6(10)9-5/h1-2,11-12H,(H2,7,8,9). The summed E-state index contributed by atoms with van der Waals surface area (Å²) in [6.07, 6.45) is 2.47. The number of imidazole rings is 1. The topological polar surface area (TPSA) is 96.7 Å². The molecule has 0 aliphatic rings. The maximum absolute atomic E-state index is 9.14. The van der Waals surface area contributed by atoms with E-state index >= 15 is 0 Å².